The molecule has 3 N–H and O–H groups in total. The molecule has 0 saturated carbocycles. The molecule has 5 heteroatoms. The molecule has 124 valence electrons. The molecule has 0 spiro atoms. The topological polar surface area (TPSA) is 69.0 Å². The van der Waals surface area contributed by atoms with E-state index in [9.17, 15) is 5.21 Å². The minimum Gasteiger partial charge on any atom is -0.595 e. The van der Waals surface area contributed by atoms with Crippen molar-refractivity contribution in [3.63, 3.8) is 0 Å². The average Bonchev–Trinajstić information content (AvgIpc) is 2.51. The van der Waals surface area contributed by atoms with Gasteiger partial charge in [-0.15, -0.1) is 0 Å². The summed E-state index contributed by atoms with van der Waals surface area (Å²) in [5.74, 6) is 0.798. The highest BCUT2D eigenvalue weighted by molar-refractivity contribution is 5.33. The van der Waals surface area contributed by atoms with Gasteiger partial charge in [-0.25, -0.2) is 5.21 Å². The Morgan fingerprint density at radius 2 is 1.57 bits per heavy atom. The third-order valence-corrected chi connectivity index (χ3v) is 3.35. The Morgan fingerprint density at radius 3 is 2.09 bits per heavy atom. The van der Waals surface area contributed by atoms with E-state index in [4.69, 9.17) is 9.94 Å². The van der Waals surface area contributed by atoms with E-state index in [0.29, 0.717) is 6.61 Å². The number of hydrogen-bond donors (Lipinski definition) is 3. The minimum atomic E-state index is -0.920. The van der Waals surface area contributed by atoms with Gasteiger partial charge in [0.2, 0.25) is 0 Å². The molecule has 5 nitrogen and oxygen atoms in total. The fraction of sp³-hybridized carbons (Fsp3) is 0.333. The van der Waals surface area contributed by atoms with Crippen LogP contribution in [-0.4, -0.2) is 10.7 Å². The Hall–Kier alpha value is -1.92. The molecular formula is C18H24N2O3. The van der Waals surface area contributed by atoms with Gasteiger partial charge in [0.15, 0.2) is 5.69 Å². The van der Waals surface area contributed by atoms with Crippen molar-refractivity contribution < 1.29 is 15.2 Å². The summed E-state index contributed by atoms with van der Waals surface area (Å²) in [6.45, 7) is 7.65. The molecule has 0 heterocycles. The van der Waals surface area contributed by atoms with Crippen LogP contribution >= 0.6 is 0 Å². The zero-order valence-electron chi connectivity index (χ0n) is 13.8. The van der Waals surface area contributed by atoms with Crippen molar-refractivity contribution in [1.29, 1.82) is 0 Å². The van der Waals surface area contributed by atoms with E-state index in [0.717, 1.165) is 17.9 Å². The lowest BCUT2D eigenvalue weighted by Crippen LogP contribution is -2.99. The van der Waals surface area contributed by atoms with Gasteiger partial charge in [0.05, 0.1) is 0 Å². The summed E-state index contributed by atoms with van der Waals surface area (Å²) >= 11 is 0. The number of benzene rings is 2. The molecule has 0 radical (unpaired) electrons. The first-order valence-electron chi connectivity index (χ1n) is 7.62. The van der Waals surface area contributed by atoms with Gasteiger partial charge in [-0.1, -0.05) is 12.1 Å². The van der Waals surface area contributed by atoms with Crippen molar-refractivity contribution in [3.05, 3.63) is 64.9 Å². The molecule has 0 aliphatic carbocycles. The summed E-state index contributed by atoms with van der Waals surface area (Å²) in [6, 6.07) is 14.7. The summed E-state index contributed by atoms with van der Waals surface area (Å²) in [5, 5.41) is 22.2. The maximum Gasteiger partial charge on any atom is 0.163 e. The fourth-order valence-corrected chi connectivity index (χ4v) is 1.98. The Labute approximate surface area is 137 Å². The predicted octanol–water partition coefficient (Wildman–Crippen LogP) is 2.56. The number of quaternary nitrogens is 1. The van der Waals surface area contributed by atoms with Gasteiger partial charge in [0.1, 0.15) is 12.4 Å². The van der Waals surface area contributed by atoms with Crippen LogP contribution in [0.15, 0.2) is 48.5 Å². The second-order valence-corrected chi connectivity index (χ2v) is 6.54. The molecule has 0 fully saturated rings. The lowest BCUT2D eigenvalue weighted by atomic mass is 10.1. The van der Waals surface area contributed by atoms with Crippen molar-refractivity contribution >= 4 is 5.69 Å². The van der Waals surface area contributed by atoms with Gasteiger partial charge in [0.25, 0.3) is 0 Å². The van der Waals surface area contributed by atoms with Crippen LogP contribution in [0.4, 0.5) is 5.69 Å². The largest absolute Gasteiger partial charge is 0.595 e. The van der Waals surface area contributed by atoms with Gasteiger partial charge in [-0.2, -0.15) is 5.23 Å². The van der Waals surface area contributed by atoms with Crippen LogP contribution in [0.2, 0.25) is 0 Å². The van der Waals surface area contributed by atoms with Crippen molar-refractivity contribution in [3.8, 4) is 5.75 Å². The molecule has 2 aromatic carbocycles. The van der Waals surface area contributed by atoms with E-state index >= 15 is 0 Å². The van der Waals surface area contributed by atoms with E-state index in [1.807, 2.05) is 24.3 Å². The Kier molecular flexibility index (Phi) is 5.74. The Morgan fingerprint density at radius 1 is 1.00 bits per heavy atom. The second kappa shape index (κ2) is 7.57. The first-order chi connectivity index (χ1) is 10.8. The molecule has 0 bridgehead atoms. The molecule has 23 heavy (non-hydrogen) atoms. The molecule has 0 aromatic heterocycles. The molecule has 0 aliphatic heterocycles. The van der Waals surface area contributed by atoms with E-state index in [1.165, 1.54) is 5.56 Å². The number of nitrogens with one attached hydrogen (secondary N) is 2. The molecule has 1 unspecified atom stereocenters. The normalized spacial score (nSPS) is 12.9. The number of hydrogen-bond acceptors (Lipinski definition) is 4. The monoisotopic (exact) mass is 316 g/mol. The van der Waals surface area contributed by atoms with E-state index in [1.54, 1.807) is 24.3 Å². The zero-order chi connectivity index (χ0) is 16.9. The lowest BCUT2D eigenvalue weighted by molar-refractivity contribution is -0.991. The summed E-state index contributed by atoms with van der Waals surface area (Å²) in [7, 11) is 0. The van der Waals surface area contributed by atoms with Crippen LogP contribution in [0, 0.1) is 5.21 Å². The highest BCUT2D eigenvalue weighted by Crippen LogP contribution is 2.15. The van der Waals surface area contributed by atoms with Crippen LogP contribution in [0.3, 0.4) is 0 Å². The highest BCUT2D eigenvalue weighted by atomic mass is 16.8. The smallest absolute Gasteiger partial charge is 0.163 e. The summed E-state index contributed by atoms with van der Waals surface area (Å²) in [6.07, 6.45) is 0. The Bertz CT molecular complexity index is 602. The van der Waals surface area contributed by atoms with Gasteiger partial charge in [-0.3, -0.25) is 0 Å². The molecule has 0 aliphatic rings. The lowest BCUT2D eigenvalue weighted by Gasteiger charge is -2.20. The minimum absolute atomic E-state index is 0.0945. The SMILES string of the molecule is CC(C)(C)NCc1ccc(OCc2ccc([NH+]([O-])O)cc2)cc1. The number of rotatable bonds is 6. The molecule has 1 atom stereocenters. The Balaban J connectivity index is 1.86. The first-order valence-corrected chi connectivity index (χ1v) is 7.62. The van der Waals surface area contributed by atoms with Crippen LogP contribution in [0.1, 0.15) is 31.9 Å². The number of ether oxygens (including phenoxy) is 1. The van der Waals surface area contributed by atoms with E-state index in [2.05, 4.69) is 26.1 Å². The van der Waals surface area contributed by atoms with Crippen molar-refractivity contribution in [1.82, 2.24) is 5.32 Å². The quantitative estimate of drug-likeness (QED) is 0.717. The van der Waals surface area contributed by atoms with Gasteiger partial charge < -0.3 is 15.3 Å². The highest BCUT2D eigenvalue weighted by Gasteiger charge is 2.08. The molecule has 2 rings (SSSR count). The van der Waals surface area contributed by atoms with Crippen LogP contribution in [0.5, 0.6) is 5.75 Å². The van der Waals surface area contributed by atoms with Gasteiger partial charge >= 0.3 is 0 Å². The summed E-state index contributed by atoms with van der Waals surface area (Å²) in [5.41, 5.74) is 2.52. The van der Waals surface area contributed by atoms with Crippen LogP contribution < -0.4 is 15.3 Å². The molecular weight excluding hydrogens is 292 g/mol. The predicted molar refractivity (Wildman–Crippen MR) is 89.6 cm³/mol. The van der Waals surface area contributed by atoms with E-state index in [-0.39, 0.29) is 11.2 Å². The summed E-state index contributed by atoms with van der Waals surface area (Å²) in [4.78, 5) is 0. The van der Waals surface area contributed by atoms with Gasteiger partial charge in [0, 0.05) is 24.2 Å². The summed E-state index contributed by atoms with van der Waals surface area (Å²) < 4.78 is 5.72. The van der Waals surface area contributed by atoms with Crippen molar-refractivity contribution in [2.75, 3.05) is 0 Å². The maximum absolute atomic E-state index is 10.8. The van der Waals surface area contributed by atoms with Crippen molar-refractivity contribution in [2.45, 2.75) is 39.5 Å². The maximum atomic E-state index is 10.8. The molecule has 0 amide bonds. The third-order valence-electron chi connectivity index (χ3n) is 3.35. The molecule has 2 aromatic rings. The fourth-order valence-electron chi connectivity index (χ4n) is 1.98. The second-order valence-electron chi connectivity index (χ2n) is 6.54. The van der Waals surface area contributed by atoms with Crippen LogP contribution in [-0.2, 0) is 13.2 Å². The molecule has 0 saturated heterocycles. The van der Waals surface area contributed by atoms with Gasteiger partial charge in [-0.05, 0) is 56.2 Å². The zero-order valence-corrected chi connectivity index (χ0v) is 13.8. The average molecular weight is 316 g/mol. The first kappa shape index (κ1) is 17.4. The third kappa shape index (κ3) is 6.00. The van der Waals surface area contributed by atoms with Crippen LogP contribution in [0.25, 0.3) is 0 Å². The standard InChI is InChI=1S/C18H24N2O3/c1-18(2,3)19-12-14-6-10-17(11-7-14)23-13-15-4-8-16(9-5-15)20(21)22/h4-11,19-21H,12-13H2,1-3H3. The van der Waals surface area contributed by atoms with E-state index < -0.39 is 5.23 Å². The van der Waals surface area contributed by atoms with Crippen molar-refractivity contribution in [2.24, 2.45) is 0 Å².